The van der Waals surface area contributed by atoms with E-state index in [1.165, 1.54) is 11.0 Å². The zero-order valence-electron chi connectivity index (χ0n) is 19.5. The second-order valence-corrected chi connectivity index (χ2v) is 8.04. The fourth-order valence-corrected chi connectivity index (χ4v) is 3.50. The van der Waals surface area contributed by atoms with E-state index in [0.717, 1.165) is 5.56 Å². The predicted octanol–water partition coefficient (Wildman–Crippen LogP) is 3.53. The molecule has 2 heterocycles. The summed E-state index contributed by atoms with van der Waals surface area (Å²) in [6.07, 6.45) is 3.19. The third kappa shape index (κ3) is 5.79. The average molecular weight is 476 g/mol. The van der Waals surface area contributed by atoms with Crippen LogP contribution in [0.5, 0.6) is 5.75 Å². The molecule has 1 fully saturated rings. The Morgan fingerprint density at radius 1 is 1.17 bits per heavy atom. The minimum Gasteiger partial charge on any atom is -0.489 e. The van der Waals surface area contributed by atoms with Gasteiger partial charge in [0.25, 0.3) is 5.91 Å². The summed E-state index contributed by atoms with van der Waals surface area (Å²) in [5, 5.41) is 12.0. The minimum absolute atomic E-state index is 0.0534. The first-order valence-electron chi connectivity index (χ1n) is 11.0. The molecule has 1 amide bonds. The summed E-state index contributed by atoms with van der Waals surface area (Å²) in [6, 6.07) is 16.9. The van der Waals surface area contributed by atoms with E-state index in [2.05, 4.69) is 9.97 Å². The molecule has 1 aliphatic rings. The molecule has 4 rings (SSSR count). The fraction of sp³-hybridized carbons (Fsp3) is 0.240. The highest BCUT2D eigenvalue weighted by molar-refractivity contribution is 5.96. The third-order valence-corrected chi connectivity index (χ3v) is 5.19. The molecular weight excluding hydrogens is 450 g/mol. The summed E-state index contributed by atoms with van der Waals surface area (Å²) in [4.78, 5) is 36.0. The van der Waals surface area contributed by atoms with Crippen LogP contribution in [0.1, 0.15) is 11.3 Å². The molecule has 1 saturated heterocycles. The van der Waals surface area contributed by atoms with Crippen LogP contribution < -0.4 is 9.64 Å². The zero-order chi connectivity index (χ0) is 24.8. The smallest absolute Gasteiger partial charge is 0.337 e. The van der Waals surface area contributed by atoms with Crippen molar-refractivity contribution in [2.24, 2.45) is 0 Å². The van der Waals surface area contributed by atoms with Crippen molar-refractivity contribution in [3.63, 3.8) is 0 Å². The van der Waals surface area contributed by atoms with Crippen LogP contribution in [0.4, 0.5) is 11.5 Å². The molecule has 10 heteroatoms. The summed E-state index contributed by atoms with van der Waals surface area (Å²) < 4.78 is 11.1. The Kier molecular flexibility index (Phi) is 7.32. The van der Waals surface area contributed by atoms with Crippen molar-refractivity contribution < 1.29 is 19.2 Å². The lowest BCUT2D eigenvalue weighted by Crippen LogP contribution is -2.42. The van der Waals surface area contributed by atoms with E-state index < -0.39 is 10.8 Å². The molecule has 1 aliphatic heterocycles. The van der Waals surface area contributed by atoms with Gasteiger partial charge in [-0.1, -0.05) is 42.5 Å². The van der Waals surface area contributed by atoms with Gasteiger partial charge in [0.15, 0.2) is 5.82 Å². The Bertz CT molecular complexity index is 1250. The minimum atomic E-state index is -0.559. The first kappa shape index (κ1) is 23.8. The van der Waals surface area contributed by atoms with E-state index in [1.807, 2.05) is 36.4 Å². The Hall–Kier alpha value is -4.31. The number of carbonyl (C=O) groups is 1. The molecule has 35 heavy (non-hydrogen) atoms. The Balaban J connectivity index is 1.76. The lowest BCUT2D eigenvalue weighted by atomic mass is 10.1. The van der Waals surface area contributed by atoms with Crippen LogP contribution in [0.2, 0.25) is 0 Å². The number of morpholine rings is 1. The number of nitro groups is 1. The third-order valence-electron chi connectivity index (χ3n) is 5.19. The molecule has 10 nitrogen and oxygen atoms in total. The summed E-state index contributed by atoms with van der Waals surface area (Å²) in [5.74, 6) is 0.393. The lowest BCUT2D eigenvalue weighted by molar-refractivity contribution is -0.384. The van der Waals surface area contributed by atoms with Crippen LogP contribution in [-0.2, 0) is 16.1 Å². The van der Waals surface area contributed by atoms with Crippen LogP contribution in [0.15, 0.2) is 60.8 Å². The van der Waals surface area contributed by atoms with E-state index in [9.17, 15) is 14.9 Å². The maximum Gasteiger partial charge on any atom is 0.337 e. The Morgan fingerprint density at radius 3 is 2.69 bits per heavy atom. The fourth-order valence-electron chi connectivity index (χ4n) is 3.50. The van der Waals surface area contributed by atoms with Crippen LogP contribution in [0.3, 0.4) is 0 Å². The van der Waals surface area contributed by atoms with Gasteiger partial charge in [-0.05, 0) is 23.8 Å². The van der Waals surface area contributed by atoms with E-state index in [0.29, 0.717) is 17.9 Å². The van der Waals surface area contributed by atoms with E-state index >= 15 is 0 Å². The highest BCUT2D eigenvalue weighted by Crippen LogP contribution is 2.34. The largest absolute Gasteiger partial charge is 0.489 e. The van der Waals surface area contributed by atoms with Crippen LogP contribution in [-0.4, -0.2) is 59.6 Å². The zero-order valence-corrected chi connectivity index (χ0v) is 19.5. The van der Waals surface area contributed by atoms with Crippen molar-refractivity contribution >= 4 is 23.5 Å². The first-order chi connectivity index (χ1) is 16.9. The van der Waals surface area contributed by atoms with Gasteiger partial charge >= 0.3 is 5.69 Å². The number of hydrogen-bond acceptors (Lipinski definition) is 8. The standard InChI is InChI=1S/C25H25N5O5/c1-28(2)12-11-21-23(30(32)33)25(29-13-14-34-17-22(29)31)27-24(26-21)19-9-6-10-20(15-19)35-16-18-7-4-3-5-8-18/h3-12,15H,13-14,16-17H2,1-2H3. The number of benzene rings is 2. The van der Waals surface area contributed by atoms with E-state index in [-0.39, 0.29) is 42.8 Å². The SMILES string of the molecule is CN(C)C=Cc1nc(-c2cccc(OCc3ccccc3)c2)nc(N2CCOCC2=O)c1[N+](=O)[O-]. The van der Waals surface area contributed by atoms with Gasteiger partial charge in [0.1, 0.15) is 24.7 Å². The molecule has 2 aromatic carbocycles. The van der Waals surface area contributed by atoms with Gasteiger partial charge in [0.05, 0.1) is 18.1 Å². The van der Waals surface area contributed by atoms with Crippen molar-refractivity contribution in [3.05, 3.63) is 82.2 Å². The quantitative estimate of drug-likeness (QED) is 0.359. The molecule has 0 radical (unpaired) electrons. The molecule has 3 aromatic rings. The molecule has 0 atom stereocenters. The summed E-state index contributed by atoms with van der Waals surface area (Å²) in [7, 11) is 3.59. The molecule has 1 aromatic heterocycles. The summed E-state index contributed by atoms with van der Waals surface area (Å²) >= 11 is 0. The molecule has 0 unspecified atom stereocenters. The molecule has 0 spiro atoms. The molecule has 0 aliphatic carbocycles. The van der Waals surface area contributed by atoms with Gasteiger partial charge < -0.3 is 14.4 Å². The number of carbonyl (C=O) groups excluding carboxylic acids is 1. The highest BCUT2D eigenvalue weighted by atomic mass is 16.6. The number of nitrogens with zero attached hydrogens (tertiary/aromatic N) is 5. The molecule has 180 valence electrons. The second-order valence-electron chi connectivity index (χ2n) is 8.04. The van der Waals surface area contributed by atoms with Gasteiger partial charge in [0.2, 0.25) is 5.82 Å². The van der Waals surface area contributed by atoms with Crippen molar-refractivity contribution in [2.45, 2.75) is 6.61 Å². The monoisotopic (exact) mass is 475 g/mol. The van der Waals surface area contributed by atoms with Crippen molar-refractivity contribution in [2.75, 3.05) is 38.8 Å². The molecular formula is C25H25N5O5. The number of anilines is 1. The molecule has 0 saturated carbocycles. The number of hydrogen-bond donors (Lipinski definition) is 0. The van der Waals surface area contributed by atoms with Crippen LogP contribution >= 0.6 is 0 Å². The summed E-state index contributed by atoms with van der Waals surface area (Å²) in [5.41, 5.74) is 1.39. The van der Waals surface area contributed by atoms with Gasteiger partial charge in [-0.3, -0.25) is 19.8 Å². The van der Waals surface area contributed by atoms with Crippen LogP contribution in [0, 0.1) is 10.1 Å². The van der Waals surface area contributed by atoms with Crippen molar-refractivity contribution in [1.82, 2.24) is 14.9 Å². The van der Waals surface area contributed by atoms with Gasteiger partial charge in [-0.15, -0.1) is 0 Å². The highest BCUT2D eigenvalue weighted by Gasteiger charge is 2.32. The average Bonchev–Trinajstić information content (AvgIpc) is 2.86. The number of ether oxygens (including phenoxy) is 2. The number of rotatable bonds is 8. The maximum absolute atomic E-state index is 12.5. The van der Waals surface area contributed by atoms with Crippen molar-refractivity contribution in [1.29, 1.82) is 0 Å². The predicted molar refractivity (Wildman–Crippen MR) is 131 cm³/mol. The Labute approximate surface area is 202 Å². The van der Waals surface area contributed by atoms with E-state index in [4.69, 9.17) is 9.47 Å². The number of amides is 1. The van der Waals surface area contributed by atoms with Crippen molar-refractivity contribution in [3.8, 4) is 17.1 Å². The maximum atomic E-state index is 12.5. The van der Waals surface area contributed by atoms with Crippen LogP contribution in [0.25, 0.3) is 17.5 Å². The van der Waals surface area contributed by atoms with E-state index in [1.54, 1.807) is 43.4 Å². The number of aromatic nitrogens is 2. The molecule has 0 bridgehead atoms. The van der Waals surface area contributed by atoms with Gasteiger partial charge in [0, 0.05) is 25.9 Å². The van der Waals surface area contributed by atoms with Gasteiger partial charge in [-0.2, -0.15) is 0 Å². The summed E-state index contributed by atoms with van der Waals surface area (Å²) in [6.45, 7) is 0.638. The second kappa shape index (κ2) is 10.7. The van der Waals surface area contributed by atoms with Gasteiger partial charge in [-0.25, -0.2) is 9.97 Å². The first-order valence-corrected chi connectivity index (χ1v) is 11.0. The Morgan fingerprint density at radius 2 is 1.97 bits per heavy atom. The topological polar surface area (TPSA) is 111 Å². The normalized spacial score (nSPS) is 13.8. The lowest BCUT2D eigenvalue weighted by Gasteiger charge is -2.26. The molecule has 0 N–H and O–H groups in total.